The van der Waals surface area contributed by atoms with E-state index in [1.807, 2.05) is 0 Å². The largest absolute Gasteiger partial charge is 0.477 e. The maximum absolute atomic E-state index is 12.9. The van der Waals surface area contributed by atoms with Gasteiger partial charge in [-0.25, -0.2) is 14.4 Å². The summed E-state index contributed by atoms with van der Waals surface area (Å²) in [4.78, 5) is 49.5. The number of nitrogens with one attached hydrogen (secondary N) is 1. The number of carboxylic acid groups (broad SMARTS) is 3. The van der Waals surface area contributed by atoms with Gasteiger partial charge in [-0.1, -0.05) is 0 Å². The van der Waals surface area contributed by atoms with Crippen LogP contribution in [0.15, 0.2) is 0 Å². The highest BCUT2D eigenvalue weighted by atomic mass is 16.8. The molecule has 0 aliphatic carbocycles. The monoisotopic (exact) mass is 881 g/mol. The van der Waals surface area contributed by atoms with Gasteiger partial charge in [0, 0.05) is 26.2 Å². The smallest absolute Gasteiger partial charge is 0.364 e. The minimum absolute atomic E-state index is 0.739. The van der Waals surface area contributed by atoms with Crippen molar-refractivity contribution >= 4 is 23.8 Å². The first-order valence-electron chi connectivity index (χ1n) is 18.2. The van der Waals surface area contributed by atoms with E-state index in [1.54, 1.807) is 0 Å². The summed E-state index contributed by atoms with van der Waals surface area (Å²) >= 11 is 0. The molecular formula is C32H51NO27. The van der Waals surface area contributed by atoms with Gasteiger partial charge in [0.25, 0.3) is 17.4 Å². The maximum atomic E-state index is 12.9. The second-order valence-corrected chi connectivity index (χ2v) is 14.8. The highest BCUT2D eigenvalue weighted by molar-refractivity contribution is 5.77. The van der Waals surface area contributed by atoms with Gasteiger partial charge in [-0.05, 0) is 0 Å². The summed E-state index contributed by atoms with van der Waals surface area (Å²) < 4.78 is 37.5. The van der Waals surface area contributed by atoms with Crippen molar-refractivity contribution < 1.29 is 134 Å². The summed E-state index contributed by atoms with van der Waals surface area (Å²) in [5.74, 6) is -16.4. The molecule has 4 aliphatic heterocycles. The number of aliphatic carboxylic acids is 3. The summed E-state index contributed by atoms with van der Waals surface area (Å²) in [6, 6.07) is -1.56. The summed E-state index contributed by atoms with van der Waals surface area (Å²) in [5, 5.41) is 168. The second-order valence-electron chi connectivity index (χ2n) is 14.8. The molecule has 0 aromatic carbocycles. The lowest BCUT2D eigenvalue weighted by Crippen LogP contribution is -2.68. The number of ether oxygens (including phenoxy) is 7. The second kappa shape index (κ2) is 19.6. The van der Waals surface area contributed by atoms with Gasteiger partial charge in [-0.2, -0.15) is 0 Å². The highest BCUT2D eigenvalue weighted by Gasteiger charge is 2.62. The molecule has 0 radical (unpaired) electrons. The third kappa shape index (κ3) is 10.1. The Morgan fingerprint density at radius 2 is 1.08 bits per heavy atom. The molecule has 0 spiro atoms. The van der Waals surface area contributed by atoms with Crippen LogP contribution in [-0.2, 0) is 52.3 Å². The minimum Gasteiger partial charge on any atom is -0.477 e. The van der Waals surface area contributed by atoms with Crippen LogP contribution in [0.25, 0.3) is 0 Å². The lowest BCUT2D eigenvalue weighted by atomic mass is 9.89. The van der Waals surface area contributed by atoms with Crippen LogP contribution in [0.5, 0.6) is 0 Å². The third-order valence-electron chi connectivity index (χ3n) is 10.5. The molecule has 0 aromatic heterocycles. The Morgan fingerprint density at radius 3 is 1.57 bits per heavy atom. The molecular weight excluding hydrogens is 830 g/mol. The van der Waals surface area contributed by atoms with Gasteiger partial charge in [0.1, 0.15) is 79.3 Å². The first kappa shape index (κ1) is 49.7. The molecule has 4 aliphatic rings. The van der Waals surface area contributed by atoms with Crippen molar-refractivity contribution in [2.45, 2.75) is 147 Å². The number of aliphatic hydroxyl groups excluding tert-OH is 13. The number of amides is 1. The van der Waals surface area contributed by atoms with E-state index in [2.05, 4.69) is 5.32 Å². The number of hydrogen-bond donors (Lipinski definition) is 17. The molecule has 346 valence electrons. The van der Waals surface area contributed by atoms with E-state index in [9.17, 15) is 101 Å². The zero-order valence-electron chi connectivity index (χ0n) is 31.4. The fraction of sp³-hybridized carbons (Fsp3) is 0.875. The van der Waals surface area contributed by atoms with E-state index < -0.39 is 191 Å². The van der Waals surface area contributed by atoms with Gasteiger partial charge in [-0.15, -0.1) is 0 Å². The average molecular weight is 882 g/mol. The van der Waals surface area contributed by atoms with Crippen LogP contribution in [0.1, 0.15) is 26.2 Å². The van der Waals surface area contributed by atoms with Crippen molar-refractivity contribution in [3.05, 3.63) is 0 Å². The number of carboxylic acids is 3. The fourth-order valence-electron chi connectivity index (χ4n) is 7.18. The Labute approximate surface area is 337 Å². The molecule has 1 unspecified atom stereocenters. The van der Waals surface area contributed by atoms with Gasteiger partial charge in [0.2, 0.25) is 5.91 Å². The quantitative estimate of drug-likeness (QED) is 0.0645. The molecule has 1 amide bonds. The molecule has 0 bridgehead atoms. The molecule has 4 heterocycles. The summed E-state index contributed by atoms with van der Waals surface area (Å²) in [6.07, 6.45) is -37.1. The van der Waals surface area contributed by atoms with Crippen LogP contribution < -0.4 is 5.32 Å². The van der Waals surface area contributed by atoms with Crippen LogP contribution in [-0.4, -0.2) is 253 Å². The van der Waals surface area contributed by atoms with Crippen molar-refractivity contribution in [2.75, 3.05) is 26.4 Å². The number of carbonyl (C=O) groups excluding carboxylic acids is 1. The average Bonchev–Trinajstić information content (AvgIpc) is 3.18. The van der Waals surface area contributed by atoms with Crippen molar-refractivity contribution in [1.29, 1.82) is 0 Å². The van der Waals surface area contributed by atoms with Crippen molar-refractivity contribution in [3.63, 3.8) is 0 Å². The number of hydrogen-bond acceptors (Lipinski definition) is 24. The van der Waals surface area contributed by atoms with Crippen LogP contribution in [0, 0.1) is 0 Å². The molecule has 28 nitrogen and oxygen atoms in total. The number of carbonyl (C=O) groups is 4. The van der Waals surface area contributed by atoms with Gasteiger partial charge in [0.05, 0.1) is 44.7 Å². The Kier molecular flexibility index (Phi) is 16.3. The Hall–Kier alpha value is -2.92. The summed E-state index contributed by atoms with van der Waals surface area (Å²) in [6.45, 7) is -3.67. The molecule has 4 rings (SSSR count). The van der Waals surface area contributed by atoms with Crippen LogP contribution in [0.4, 0.5) is 0 Å². The Morgan fingerprint density at radius 1 is 0.633 bits per heavy atom. The van der Waals surface area contributed by atoms with E-state index in [1.165, 1.54) is 0 Å². The topological polar surface area (TPSA) is 469 Å². The molecule has 60 heavy (non-hydrogen) atoms. The Bertz CT molecular complexity index is 1510. The number of aliphatic hydroxyl groups is 13. The van der Waals surface area contributed by atoms with Gasteiger partial charge in [-0.3, -0.25) is 4.79 Å². The molecule has 17 N–H and O–H groups in total. The summed E-state index contributed by atoms with van der Waals surface area (Å²) in [5.41, 5.74) is 0. The lowest BCUT2D eigenvalue weighted by molar-refractivity contribution is -0.379. The SMILES string of the molecule is CC(=O)N[C@H]1C(O)O[C@H](CO[C@]2(C(=O)O)C[C@@H](O[C@]3(C(=O)O)C[C@@H](O)[C@@H](O)[C@@H]([C@H](O)CO[C@]4(C(=O)O)C[C@@H](O)[C@@H](O)[C@@H]([C@H](O)CO)O4)O3)[C@@H](O)[C@@H]([C@H](O)CO)O2)[C@@H](O)[C@@H]1O. The van der Waals surface area contributed by atoms with Crippen LogP contribution in [0.3, 0.4) is 0 Å². The van der Waals surface area contributed by atoms with E-state index in [-0.39, 0.29) is 0 Å². The predicted molar refractivity (Wildman–Crippen MR) is 179 cm³/mol. The van der Waals surface area contributed by atoms with E-state index >= 15 is 0 Å². The van der Waals surface area contributed by atoms with E-state index in [0.29, 0.717) is 0 Å². The van der Waals surface area contributed by atoms with Crippen LogP contribution >= 0.6 is 0 Å². The minimum atomic E-state index is -3.29. The predicted octanol–water partition coefficient (Wildman–Crippen LogP) is -10.1. The van der Waals surface area contributed by atoms with Crippen molar-refractivity contribution in [2.24, 2.45) is 0 Å². The van der Waals surface area contributed by atoms with Crippen molar-refractivity contribution in [1.82, 2.24) is 5.32 Å². The summed E-state index contributed by atoms with van der Waals surface area (Å²) in [7, 11) is 0. The van der Waals surface area contributed by atoms with Gasteiger partial charge < -0.3 is 120 Å². The van der Waals surface area contributed by atoms with E-state index in [4.69, 9.17) is 33.2 Å². The Balaban J connectivity index is 1.61. The highest BCUT2D eigenvalue weighted by Crippen LogP contribution is 2.41. The van der Waals surface area contributed by atoms with Gasteiger partial charge >= 0.3 is 17.9 Å². The fourth-order valence-corrected chi connectivity index (χ4v) is 7.18. The van der Waals surface area contributed by atoms with E-state index in [0.717, 1.165) is 6.92 Å². The molecule has 4 fully saturated rings. The zero-order valence-corrected chi connectivity index (χ0v) is 31.4. The van der Waals surface area contributed by atoms with Crippen LogP contribution in [0.2, 0.25) is 0 Å². The lowest BCUT2D eigenvalue weighted by Gasteiger charge is -2.50. The first-order chi connectivity index (χ1) is 27.9. The molecule has 0 saturated carbocycles. The normalized spacial score (nSPS) is 44.0. The molecule has 4 saturated heterocycles. The zero-order chi connectivity index (χ0) is 45.2. The number of rotatable bonds is 17. The molecule has 20 atom stereocenters. The third-order valence-corrected chi connectivity index (χ3v) is 10.5. The standard InChI is InChI=1S/C32H51NO27/c1-9(36)33-17-22(46)20(44)16(56-26(17)47)8-55-31(28(50)51)4-15(21(45)24(59-31)13(40)6-35)57-32(29(52)53)3-11(38)19(43)25(60-32)14(41)7-54-30(27(48)49)2-10(37)18(42)23(58-30)12(39)5-34/h10-26,34-35,37-47H,2-8H2,1H3,(H,33,36)(H,48,49)(H,50,51)(H,52,53)/t10-,11-,12-,13-,14-,15-,16-,17-,18-,19-,20-,21-,22-,23-,24-,25-,26?,30-,31-,32-/m1/s1. The van der Waals surface area contributed by atoms with Gasteiger partial charge in [0.15, 0.2) is 6.29 Å². The first-order valence-corrected chi connectivity index (χ1v) is 18.2. The maximum Gasteiger partial charge on any atom is 0.364 e. The molecule has 28 heteroatoms. The van der Waals surface area contributed by atoms with Crippen molar-refractivity contribution in [3.8, 4) is 0 Å². The molecule has 0 aromatic rings.